The van der Waals surface area contributed by atoms with E-state index in [9.17, 15) is 4.79 Å². The minimum atomic E-state index is -0.116. The maximum Gasteiger partial charge on any atom is 0.238 e. The van der Waals surface area contributed by atoms with Crippen molar-refractivity contribution in [2.24, 2.45) is 0 Å². The maximum atomic E-state index is 12.5. The van der Waals surface area contributed by atoms with Gasteiger partial charge in [0.2, 0.25) is 5.91 Å². The Morgan fingerprint density at radius 1 is 1.00 bits per heavy atom. The lowest BCUT2D eigenvalue weighted by Gasteiger charge is -2.25. The van der Waals surface area contributed by atoms with Gasteiger partial charge in [0.25, 0.3) is 0 Å². The molecule has 3 aromatic rings. The van der Waals surface area contributed by atoms with Gasteiger partial charge in [0.15, 0.2) is 0 Å². The summed E-state index contributed by atoms with van der Waals surface area (Å²) in [6.07, 6.45) is 0. The molecule has 1 saturated heterocycles. The van der Waals surface area contributed by atoms with E-state index in [1.54, 1.807) is 40.9 Å². The summed E-state index contributed by atoms with van der Waals surface area (Å²) in [4.78, 5) is 14.3. The fraction of sp³-hybridized carbons (Fsp3) is 0.136. The van der Waals surface area contributed by atoms with Crippen LogP contribution >= 0.6 is 62.5 Å². The number of hydrogen-bond donors (Lipinski definition) is 0. The van der Waals surface area contributed by atoms with E-state index in [1.165, 1.54) is 0 Å². The summed E-state index contributed by atoms with van der Waals surface area (Å²) in [5.74, 6) is 1.19. The Hall–Kier alpha value is -1.37. The van der Waals surface area contributed by atoms with Gasteiger partial charge in [-0.25, -0.2) is 0 Å². The van der Waals surface area contributed by atoms with Crippen LogP contribution in [-0.4, -0.2) is 11.7 Å². The molecule has 1 aliphatic heterocycles. The fourth-order valence-electron chi connectivity index (χ4n) is 3.13. The number of rotatable bonds is 5. The number of carbonyl (C=O) groups is 1. The van der Waals surface area contributed by atoms with E-state index in [4.69, 9.17) is 39.5 Å². The van der Waals surface area contributed by atoms with Crippen molar-refractivity contribution in [3.8, 4) is 5.75 Å². The SMILES string of the molecule is O=C1CS[C@@H](c2ccc(OCc3ccc(Cl)cc3Cl)c(Br)c2)N1c1ccc(Cl)cc1. The summed E-state index contributed by atoms with van der Waals surface area (Å²) in [6.45, 7) is 0.321. The van der Waals surface area contributed by atoms with Crippen molar-refractivity contribution in [2.45, 2.75) is 12.0 Å². The van der Waals surface area contributed by atoms with Gasteiger partial charge in [-0.1, -0.05) is 46.9 Å². The highest BCUT2D eigenvalue weighted by molar-refractivity contribution is 9.10. The van der Waals surface area contributed by atoms with Crippen LogP contribution in [0.25, 0.3) is 0 Å². The Labute approximate surface area is 202 Å². The number of benzene rings is 3. The highest BCUT2D eigenvalue weighted by Gasteiger charge is 2.34. The highest BCUT2D eigenvalue weighted by atomic mass is 79.9. The second-order valence-corrected chi connectivity index (χ2v) is 9.82. The molecule has 1 fully saturated rings. The molecule has 0 aromatic heterocycles. The average molecular weight is 544 g/mol. The first-order chi connectivity index (χ1) is 14.4. The van der Waals surface area contributed by atoms with E-state index in [0.717, 1.165) is 21.3 Å². The average Bonchev–Trinajstić information content (AvgIpc) is 3.10. The summed E-state index contributed by atoms with van der Waals surface area (Å²) >= 11 is 23.3. The van der Waals surface area contributed by atoms with Crippen molar-refractivity contribution in [2.75, 3.05) is 10.7 Å². The molecule has 1 atom stereocenters. The zero-order valence-electron chi connectivity index (χ0n) is 15.4. The number of thioether (sulfide) groups is 1. The van der Waals surface area contributed by atoms with Gasteiger partial charge in [-0.3, -0.25) is 9.69 Å². The molecule has 1 heterocycles. The Morgan fingerprint density at radius 2 is 1.73 bits per heavy atom. The van der Waals surface area contributed by atoms with E-state index < -0.39 is 0 Å². The lowest BCUT2D eigenvalue weighted by molar-refractivity contribution is -0.115. The summed E-state index contributed by atoms with van der Waals surface area (Å²) in [5, 5.41) is 1.67. The quantitative estimate of drug-likeness (QED) is 0.329. The van der Waals surface area contributed by atoms with E-state index in [0.29, 0.717) is 33.2 Å². The second kappa shape index (κ2) is 9.41. The number of hydrogen-bond acceptors (Lipinski definition) is 3. The second-order valence-electron chi connectivity index (χ2n) is 6.62. The van der Waals surface area contributed by atoms with Crippen molar-refractivity contribution >= 4 is 74.1 Å². The van der Waals surface area contributed by atoms with Crippen LogP contribution < -0.4 is 9.64 Å². The molecular formula is C22H15BrCl3NO2S. The standard InChI is InChI=1S/C22H15BrCl3NO2S/c23-18-9-13(2-8-20(18)29-11-14-1-3-16(25)10-19(14)26)22-27(21(28)12-30-22)17-6-4-15(24)5-7-17/h1-10,22H,11-12H2/t22-/m0/s1. The van der Waals surface area contributed by atoms with Gasteiger partial charge >= 0.3 is 0 Å². The Bertz CT molecular complexity index is 1090. The first kappa shape index (κ1) is 21.8. The highest BCUT2D eigenvalue weighted by Crippen LogP contribution is 2.43. The Balaban J connectivity index is 1.53. The number of carbonyl (C=O) groups excluding carboxylic acids is 1. The van der Waals surface area contributed by atoms with E-state index >= 15 is 0 Å². The number of ether oxygens (including phenoxy) is 1. The molecule has 8 heteroatoms. The predicted octanol–water partition coefficient (Wildman–Crippen LogP) is 7.77. The Morgan fingerprint density at radius 3 is 2.43 bits per heavy atom. The maximum absolute atomic E-state index is 12.5. The zero-order chi connectivity index (χ0) is 21.3. The molecule has 0 N–H and O–H groups in total. The largest absolute Gasteiger partial charge is 0.488 e. The molecule has 1 amide bonds. The van der Waals surface area contributed by atoms with Crippen LogP contribution in [0.4, 0.5) is 5.69 Å². The first-order valence-corrected chi connectivity index (χ1v) is 12.0. The van der Waals surface area contributed by atoms with Crippen LogP contribution in [0, 0.1) is 0 Å². The topological polar surface area (TPSA) is 29.5 Å². The van der Waals surface area contributed by atoms with Crippen molar-refractivity contribution in [3.05, 3.63) is 91.3 Å². The molecule has 30 heavy (non-hydrogen) atoms. The van der Waals surface area contributed by atoms with Crippen LogP contribution in [-0.2, 0) is 11.4 Å². The van der Waals surface area contributed by atoms with Gasteiger partial charge in [-0.15, -0.1) is 11.8 Å². The Kier molecular flexibility index (Phi) is 6.85. The third-order valence-corrected chi connectivity index (χ3v) is 7.28. The first-order valence-electron chi connectivity index (χ1n) is 8.98. The van der Waals surface area contributed by atoms with Gasteiger partial charge in [0.05, 0.1) is 10.2 Å². The molecule has 0 bridgehead atoms. The van der Waals surface area contributed by atoms with Crippen molar-refractivity contribution in [3.63, 3.8) is 0 Å². The summed E-state index contributed by atoms with van der Waals surface area (Å²) < 4.78 is 6.74. The van der Waals surface area contributed by atoms with Crippen LogP contribution in [0.3, 0.4) is 0 Å². The smallest absolute Gasteiger partial charge is 0.238 e. The lowest BCUT2D eigenvalue weighted by atomic mass is 10.1. The molecule has 4 rings (SSSR count). The van der Waals surface area contributed by atoms with Gasteiger partial charge in [0, 0.05) is 26.3 Å². The summed E-state index contributed by atoms with van der Waals surface area (Å²) in [5.41, 5.74) is 2.68. The van der Waals surface area contributed by atoms with E-state index in [-0.39, 0.29) is 11.3 Å². The summed E-state index contributed by atoms with van der Waals surface area (Å²) in [7, 11) is 0. The fourth-order valence-corrected chi connectivity index (χ4v) is 5.40. The molecule has 3 aromatic carbocycles. The molecule has 154 valence electrons. The van der Waals surface area contributed by atoms with Crippen molar-refractivity contribution in [1.29, 1.82) is 0 Å². The molecule has 0 aliphatic carbocycles. The number of nitrogens with zero attached hydrogens (tertiary/aromatic N) is 1. The monoisotopic (exact) mass is 541 g/mol. The third kappa shape index (κ3) is 4.76. The molecule has 0 unspecified atom stereocenters. The zero-order valence-corrected chi connectivity index (χ0v) is 20.1. The van der Waals surface area contributed by atoms with Gasteiger partial charge in [0.1, 0.15) is 17.7 Å². The predicted molar refractivity (Wildman–Crippen MR) is 129 cm³/mol. The molecule has 3 nitrogen and oxygen atoms in total. The molecule has 0 radical (unpaired) electrons. The number of anilines is 1. The summed E-state index contributed by atoms with van der Waals surface area (Å²) in [6, 6.07) is 18.5. The third-order valence-electron chi connectivity index (χ3n) is 4.61. The van der Waals surface area contributed by atoms with Crippen molar-refractivity contribution < 1.29 is 9.53 Å². The number of halogens is 4. The molecule has 0 saturated carbocycles. The van der Waals surface area contributed by atoms with Gasteiger partial charge < -0.3 is 4.74 Å². The van der Waals surface area contributed by atoms with Crippen LogP contribution in [0.1, 0.15) is 16.5 Å². The van der Waals surface area contributed by atoms with Crippen molar-refractivity contribution in [1.82, 2.24) is 0 Å². The lowest BCUT2D eigenvalue weighted by Crippen LogP contribution is -2.27. The minimum absolute atomic E-state index is 0.0705. The van der Waals surface area contributed by atoms with Gasteiger partial charge in [-0.2, -0.15) is 0 Å². The molecule has 0 spiro atoms. The number of amides is 1. The van der Waals surface area contributed by atoms with E-state index in [2.05, 4.69) is 15.9 Å². The van der Waals surface area contributed by atoms with Gasteiger partial charge in [-0.05, 0) is 70.0 Å². The molecular weight excluding hydrogens is 529 g/mol. The van der Waals surface area contributed by atoms with E-state index in [1.807, 2.05) is 36.4 Å². The van der Waals surface area contributed by atoms with Crippen LogP contribution in [0.5, 0.6) is 5.75 Å². The normalized spacial score (nSPS) is 16.2. The minimum Gasteiger partial charge on any atom is -0.488 e. The van der Waals surface area contributed by atoms with Crippen LogP contribution in [0.15, 0.2) is 65.1 Å². The molecule has 1 aliphatic rings. The van der Waals surface area contributed by atoms with Crippen LogP contribution in [0.2, 0.25) is 15.1 Å².